The quantitative estimate of drug-likeness (QED) is 0.616. The molecular formula is C17H21NO3. The highest BCUT2D eigenvalue weighted by atomic mass is 16.3. The van der Waals surface area contributed by atoms with E-state index in [1.807, 2.05) is 12.1 Å². The Kier molecular flexibility index (Phi) is 5.06. The number of hydrogen-bond donors (Lipinski definition) is 4. The van der Waals surface area contributed by atoms with Gasteiger partial charge >= 0.3 is 0 Å². The molecule has 1 unspecified atom stereocenters. The molecule has 4 N–H and O–H groups in total. The Balaban J connectivity index is 1.80. The van der Waals surface area contributed by atoms with Crippen LogP contribution in [0.3, 0.4) is 0 Å². The summed E-state index contributed by atoms with van der Waals surface area (Å²) in [6.45, 7) is 2.59. The van der Waals surface area contributed by atoms with Gasteiger partial charge in [-0.3, -0.25) is 0 Å². The summed E-state index contributed by atoms with van der Waals surface area (Å²) < 4.78 is 0. The average molecular weight is 287 g/mol. The molecule has 0 heterocycles. The van der Waals surface area contributed by atoms with Crippen LogP contribution in [0.25, 0.3) is 0 Å². The van der Waals surface area contributed by atoms with Crippen LogP contribution >= 0.6 is 0 Å². The molecule has 0 spiro atoms. The first-order chi connectivity index (χ1) is 10.1. The fourth-order valence-corrected chi connectivity index (χ4v) is 2.15. The molecule has 0 aliphatic heterocycles. The van der Waals surface area contributed by atoms with Crippen LogP contribution < -0.4 is 5.32 Å². The van der Waals surface area contributed by atoms with Gasteiger partial charge in [-0.1, -0.05) is 24.3 Å². The van der Waals surface area contributed by atoms with Gasteiger partial charge in [0.05, 0.1) is 0 Å². The van der Waals surface area contributed by atoms with E-state index in [0.29, 0.717) is 12.1 Å². The van der Waals surface area contributed by atoms with E-state index in [0.717, 1.165) is 12.8 Å². The molecule has 21 heavy (non-hydrogen) atoms. The van der Waals surface area contributed by atoms with Gasteiger partial charge in [-0.05, 0) is 43.5 Å². The Hall–Kier alpha value is -2.20. The van der Waals surface area contributed by atoms with Crippen molar-refractivity contribution >= 4 is 0 Å². The van der Waals surface area contributed by atoms with Gasteiger partial charge in [0.1, 0.15) is 5.75 Å². The molecule has 0 saturated heterocycles. The van der Waals surface area contributed by atoms with Crippen molar-refractivity contribution in [2.24, 2.45) is 0 Å². The second-order valence-electron chi connectivity index (χ2n) is 5.27. The number of para-hydroxylation sites is 1. The zero-order valence-corrected chi connectivity index (χ0v) is 12.1. The average Bonchev–Trinajstić information content (AvgIpc) is 2.48. The molecule has 0 saturated carbocycles. The minimum Gasteiger partial charge on any atom is -0.508 e. The molecular weight excluding hydrogens is 266 g/mol. The Labute approximate surface area is 124 Å². The molecule has 0 radical (unpaired) electrons. The van der Waals surface area contributed by atoms with Crippen LogP contribution in [0.5, 0.6) is 17.2 Å². The molecule has 0 bridgehead atoms. The molecule has 112 valence electrons. The van der Waals surface area contributed by atoms with Crippen molar-refractivity contribution in [2.75, 3.05) is 0 Å². The zero-order valence-electron chi connectivity index (χ0n) is 12.1. The van der Waals surface area contributed by atoms with Crippen LogP contribution in [0.1, 0.15) is 24.5 Å². The van der Waals surface area contributed by atoms with E-state index < -0.39 is 0 Å². The Bertz CT molecular complexity index is 581. The standard InChI is InChI=1S/C17H21NO3/c1-12(5-6-13-7-9-15(19)10-8-13)18-11-14-3-2-4-16(20)17(14)21/h2-4,7-10,12,18-21H,5-6,11H2,1H3. The predicted molar refractivity (Wildman–Crippen MR) is 82.5 cm³/mol. The highest BCUT2D eigenvalue weighted by molar-refractivity contribution is 5.44. The van der Waals surface area contributed by atoms with Gasteiger partial charge in [0.15, 0.2) is 11.5 Å². The molecule has 0 amide bonds. The summed E-state index contributed by atoms with van der Waals surface area (Å²) in [7, 11) is 0. The van der Waals surface area contributed by atoms with Crippen LogP contribution in [0.2, 0.25) is 0 Å². The highest BCUT2D eigenvalue weighted by Gasteiger charge is 2.07. The fraction of sp³-hybridized carbons (Fsp3) is 0.294. The maximum atomic E-state index is 9.73. The van der Waals surface area contributed by atoms with Crippen molar-refractivity contribution in [1.82, 2.24) is 5.32 Å². The summed E-state index contributed by atoms with van der Waals surface area (Å²) in [6, 6.07) is 12.5. The number of nitrogens with one attached hydrogen (secondary N) is 1. The number of aryl methyl sites for hydroxylation is 1. The van der Waals surface area contributed by atoms with Crippen LogP contribution in [-0.2, 0) is 13.0 Å². The molecule has 1 atom stereocenters. The molecule has 2 rings (SSSR count). The van der Waals surface area contributed by atoms with Gasteiger partial charge in [0, 0.05) is 18.2 Å². The lowest BCUT2D eigenvalue weighted by atomic mass is 10.1. The number of rotatable bonds is 6. The van der Waals surface area contributed by atoms with E-state index in [1.54, 1.807) is 24.3 Å². The summed E-state index contributed by atoms with van der Waals surface area (Å²) in [5.41, 5.74) is 1.87. The van der Waals surface area contributed by atoms with E-state index in [-0.39, 0.29) is 23.3 Å². The van der Waals surface area contributed by atoms with Crippen LogP contribution in [0.4, 0.5) is 0 Å². The zero-order chi connectivity index (χ0) is 15.2. The van der Waals surface area contributed by atoms with Crippen LogP contribution in [-0.4, -0.2) is 21.4 Å². The molecule has 2 aromatic carbocycles. The van der Waals surface area contributed by atoms with Crippen molar-refractivity contribution < 1.29 is 15.3 Å². The van der Waals surface area contributed by atoms with Crippen LogP contribution in [0.15, 0.2) is 42.5 Å². The third-order valence-electron chi connectivity index (χ3n) is 3.54. The van der Waals surface area contributed by atoms with E-state index in [2.05, 4.69) is 12.2 Å². The first-order valence-corrected chi connectivity index (χ1v) is 7.07. The van der Waals surface area contributed by atoms with Gasteiger partial charge in [0.25, 0.3) is 0 Å². The van der Waals surface area contributed by atoms with Gasteiger partial charge in [-0.2, -0.15) is 0 Å². The lowest BCUT2D eigenvalue weighted by molar-refractivity contribution is 0.395. The lowest BCUT2D eigenvalue weighted by Crippen LogP contribution is -2.26. The largest absolute Gasteiger partial charge is 0.508 e. The van der Waals surface area contributed by atoms with E-state index in [9.17, 15) is 15.3 Å². The normalized spacial score (nSPS) is 12.2. The smallest absolute Gasteiger partial charge is 0.161 e. The first-order valence-electron chi connectivity index (χ1n) is 7.07. The SMILES string of the molecule is CC(CCc1ccc(O)cc1)NCc1cccc(O)c1O. The third kappa shape index (κ3) is 4.39. The molecule has 0 aliphatic carbocycles. The minimum absolute atomic E-state index is 0.0595. The topological polar surface area (TPSA) is 72.7 Å². The Morgan fingerprint density at radius 2 is 1.71 bits per heavy atom. The summed E-state index contributed by atoms with van der Waals surface area (Å²) in [6.07, 6.45) is 1.87. The molecule has 4 heteroatoms. The van der Waals surface area contributed by atoms with Gasteiger partial charge in [-0.15, -0.1) is 0 Å². The molecule has 0 aromatic heterocycles. The monoisotopic (exact) mass is 287 g/mol. The summed E-state index contributed by atoms with van der Waals surface area (Å²) in [4.78, 5) is 0. The van der Waals surface area contributed by atoms with Crippen molar-refractivity contribution in [2.45, 2.75) is 32.4 Å². The van der Waals surface area contributed by atoms with Gasteiger partial charge in [0.2, 0.25) is 0 Å². The number of benzene rings is 2. The third-order valence-corrected chi connectivity index (χ3v) is 3.54. The summed E-state index contributed by atoms with van der Waals surface area (Å²) in [5.74, 6) is 0.131. The number of phenols is 3. The lowest BCUT2D eigenvalue weighted by Gasteiger charge is -2.15. The summed E-state index contributed by atoms with van der Waals surface area (Å²) in [5, 5.41) is 31.7. The maximum Gasteiger partial charge on any atom is 0.161 e. The Morgan fingerprint density at radius 3 is 2.43 bits per heavy atom. The minimum atomic E-state index is -0.0916. The van der Waals surface area contributed by atoms with Crippen molar-refractivity contribution in [3.05, 3.63) is 53.6 Å². The second-order valence-corrected chi connectivity index (χ2v) is 5.27. The van der Waals surface area contributed by atoms with E-state index >= 15 is 0 Å². The first kappa shape index (κ1) is 15.2. The van der Waals surface area contributed by atoms with Crippen molar-refractivity contribution in [3.63, 3.8) is 0 Å². The highest BCUT2D eigenvalue weighted by Crippen LogP contribution is 2.28. The predicted octanol–water partition coefficient (Wildman–Crippen LogP) is 2.91. The molecule has 2 aromatic rings. The van der Waals surface area contributed by atoms with E-state index in [1.165, 1.54) is 11.6 Å². The molecule has 0 aliphatic rings. The van der Waals surface area contributed by atoms with Crippen molar-refractivity contribution in [3.8, 4) is 17.2 Å². The van der Waals surface area contributed by atoms with Crippen molar-refractivity contribution in [1.29, 1.82) is 0 Å². The van der Waals surface area contributed by atoms with Crippen LogP contribution in [0, 0.1) is 0 Å². The second kappa shape index (κ2) is 6.99. The Morgan fingerprint density at radius 1 is 1.00 bits per heavy atom. The number of aromatic hydroxyl groups is 3. The number of hydrogen-bond acceptors (Lipinski definition) is 4. The summed E-state index contributed by atoms with van der Waals surface area (Å²) >= 11 is 0. The van der Waals surface area contributed by atoms with Gasteiger partial charge in [-0.25, -0.2) is 0 Å². The molecule has 4 nitrogen and oxygen atoms in total. The van der Waals surface area contributed by atoms with E-state index in [4.69, 9.17) is 0 Å². The van der Waals surface area contributed by atoms with Gasteiger partial charge < -0.3 is 20.6 Å². The molecule has 0 fully saturated rings. The maximum absolute atomic E-state index is 9.73. The fourth-order valence-electron chi connectivity index (χ4n) is 2.15. The number of phenolic OH excluding ortho intramolecular Hbond substituents is 3.